The second-order valence-electron chi connectivity index (χ2n) is 6.28. The van der Waals surface area contributed by atoms with Crippen molar-refractivity contribution in [2.24, 2.45) is 5.92 Å². The van der Waals surface area contributed by atoms with Crippen LogP contribution in [0, 0.1) is 5.92 Å². The van der Waals surface area contributed by atoms with Gasteiger partial charge in [0.2, 0.25) is 0 Å². The van der Waals surface area contributed by atoms with Crippen LogP contribution in [0.1, 0.15) is 33.1 Å². The lowest BCUT2D eigenvalue weighted by Gasteiger charge is -2.37. The van der Waals surface area contributed by atoms with Crippen LogP contribution in [0.3, 0.4) is 0 Å². The second kappa shape index (κ2) is 5.63. The third-order valence-electron chi connectivity index (χ3n) is 4.25. The zero-order valence-electron chi connectivity index (χ0n) is 13.1. The number of carbonyl (C=O) groups excluding carboxylic acids is 2. The molecule has 0 bridgehead atoms. The van der Waals surface area contributed by atoms with Gasteiger partial charge in [-0.15, -0.1) is 0 Å². The summed E-state index contributed by atoms with van der Waals surface area (Å²) in [5.74, 6) is 0.486. The lowest BCUT2D eigenvalue weighted by molar-refractivity contribution is -0.154. The highest BCUT2D eigenvalue weighted by Crippen LogP contribution is 2.35. The van der Waals surface area contributed by atoms with E-state index in [0.717, 1.165) is 13.0 Å². The van der Waals surface area contributed by atoms with E-state index in [1.807, 2.05) is 19.1 Å². The third-order valence-corrected chi connectivity index (χ3v) is 4.25. The van der Waals surface area contributed by atoms with Gasteiger partial charge in [-0.2, -0.15) is 0 Å². The van der Waals surface area contributed by atoms with Crippen molar-refractivity contribution in [1.82, 2.24) is 4.90 Å². The number of ether oxygens (including phenoxy) is 1. The van der Waals surface area contributed by atoms with Crippen molar-refractivity contribution in [2.45, 2.75) is 38.7 Å². The van der Waals surface area contributed by atoms with Gasteiger partial charge in [-0.1, -0.05) is 19.1 Å². The lowest BCUT2D eigenvalue weighted by Crippen LogP contribution is -2.60. The summed E-state index contributed by atoms with van der Waals surface area (Å²) in [5, 5.41) is 2.79. The zero-order chi connectivity index (χ0) is 15.7. The topological polar surface area (TPSA) is 58.6 Å². The molecule has 1 aliphatic heterocycles. The van der Waals surface area contributed by atoms with Gasteiger partial charge in [-0.3, -0.25) is 9.59 Å². The van der Waals surface area contributed by atoms with Crippen LogP contribution in [0.5, 0.6) is 5.75 Å². The Bertz CT molecular complexity index is 597. The number of benzene rings is 1. The van der Waals surface area contributed by atoms with Crippen LogP contribution in [0.2, 0.25) is 0 Å². The minimum atomic E-state index is -1.49. The number of para-hydroxylation sites is 2. The molecule has 2 aliphatic rings. The Labute approximate surface area is 130 Å². The molecule has 2 amide bonds. The molecule has 1 heterocycles. The Balaban J connectivity index is 1.84. The third kappa shape index (κ3) is 2.67. The van der Waals surface area contributed by atoms with Crippen molar-refractivity contribution in [3.63, 3.8) is 0 Å². The van der Waals surface area contributed by atoms with Crippen molar-refractivity contribution >= 4 is 17.5 Å². The highest BCUT2D eigenvalue weighted by molar-refractivity contribution is 6.15. The molecular weight excluding hydrogens is 280 g/mol. The average molecular weight is 302 g/mol. The molecule has 0 saturated heterocycles. The molecule has 5 nitrogen and oxygen atoms in total. The fraction of sp³-hybridized carbons (Fsp3) is 0.529. The van der Waals surface area contributed by atoms with Crippen LogP contribution >= 0.6 is 0 Å². The average Bonchev–Trinajstić information content (AvgIpc) is 3.31. The maximum absolute atomic E-state index is 12.9. The fourth-order valence-corrected chi connectivity index (χ4v) is 2.77. The van der Waals surface area contributed by atoms with E-state index in [9.17, 15) is 9.59 Å². The number of amides is 2. The maximum atomic E-state index is 12.9. The summed E-state index contributed by atoms with van der Waals surface area (Å²) in [6.07, 6.45) is 3.20. The molecule has 1 saturated carbocycles. The summed E-state index contributed by atoms with van der Waals surface area (Å²) < 4.78 is 5.82. The molecule has 1 aromatic rings. The maximum Gasteiger partial charge on any atom is 0.278 e. The number of nitrogens with zero attached hydrogens (tertiary/aromatic N) is 1. The van der Waals surface area contributed by atoms with E-state index in [0.29, 0.717) is 23.9 Å². The van der Waals surface area contributed by atoms with Crippen molar-refractivity contribution in [1.29, 1.82) is 0 Å². The summed E-state index contributed by atoms with van der Waals surface area (Å²) in [5.41, 5.74) is -0.875. The quantitative estimate of drug-likeness (QED) is 0.850. The lowest BCUT2D eigenvalue weighted by atomic mass is 10.0. The highest BCUT2D eigenvalue weighted by atomic mass is 16.5. The van der Waals surface area contributed by atoms with Gasteiger partial charge in [0.1, 0.15) is 5.75 Å². The first-order valence-electron chi connectivity index (χ1n) is 7.93. The summed E-state index contributed by atoms with van der Waals surface area (Å²) >= 11 is 0. The monoisotopic (exact) mass is 302 g/mol. The first-order chi connectivity index (χ1) is 10.5. The number of rotatable bonds is 5. The molecule has 1 fully saturated rings. The minimum Gasteiger partial charge on any atom is -0.466 e. The number of fused-ring (bicyclic) bond motifs is 1. The van der Waals surface area contributed by atoms with Crippen LogP contribution in [-0.4, -0.2) is 35.4 Å². The Morgan fingerprint density at radius 1 is 1.41 bits per heavy atom. The van der Waals surface area contributed by atoms with Crippen LogP contribution in [0.15, 0.2) is 24.3 Å². The molecule has 1 atom stereocenters. The van der Waals surface area contributed by atoms with Crippen molar-refractivity contribution in [2.75, 3.05) is 18.4 Å². The van der Waals surface area contributed by atoms with E-state index >= 15 is 0 Å². The molecule has 0 aromatic heterocycles. The number of hydrogen-bond acceptors (Lipinski definition) is 3. The Hall–Kier alpha value is -2.04. The first kappa shape index (κ1) is 14.9. The number of hydrogen-bond donors (Lipinski definition) is 1. The zero-order valence-corrected chi connectivity index (χ0v) is 13.1. The molecule has 5 heteroatoms. The van der Waals surface area contributed by atoms with Gasteiger partial charge in [-0.05, 0) is 44.2 Å². The molecule has 1 N–H and O–H groups in total. The van der Waals surface area contributed by atoms with Crippen LogP contribution in [-0.2, 0) is 9.59 Å². The molecular formula is C17H22N2O3. The predicted octanol–water partition coefficient (Wildman–Crippen LogP) is 2.42. The summed E-state index contributed by atoms with van der Waals surface area (Å²) in [4.78, 5) is 27.2. The predicted molar refractivity (Wildman–Crippen MR) is 83.7 cm³/mol. The Kier molecular flexibility index (Phi) is 3.81. The molecule has 0 radical (unpaired) electrons. The number of nitrogens with one attached hydrogen (secondary N) is 1. The van der Waals surface area contributed by atoms with Gasteiger partial charge in [0, 0.05) is 13.1 Å². The molecule has 1 unspecified atom stereocenters. The van der Waals surface area contributed by atoms with Gasteiger partial charge in [0.05, 0.1) is 5.69 Å². The van der Waals surface area contributed by atoms with Gasteiger partial charge in [-0.25, -0.2) is 0 Å². The number of carbonyl (C=O) groups is 2. The van der Waals surface area contributed by atoms with Gasteiger partial charge in [0.15, 0.2) is 0 Å². The van der Waals surface area contributed by atoms with E-state index in [2.05, 4.69) is 5.32 Å². The minimum absolute atomic E-state index is 0.242. The standard InChI is InChI=1S/C17H22N2O3/c1-3-10-19(11-12-8-9-12)16(21)17(2)15(20)18-13-6-4-5-7-14(13)22-17/h4-7,12H,3,8-11H2,1-2H3,(H,18,20). The van der Waals surface area contributed by atoms with Crippen molar-refractivity contribution in [3.05, 3.63) is 24.3 Å². The fourth-order valence-electron chi connectivity index (χ4n) is 2.77. The first-order valence-corrected chi connectivity index (χ1v) is 7.93. The molecule has 22 heavy (non-hydrogen) atoms. The van der Waals surface area contributed by atoms with Crippen LogP contribution < -0.4 is 10.1 Å². The summed E-state index contributed by atoms with van der Waals surface area (Å²) in [7, 11) is 0. The van der Waals surface area contributed by atoms with E-state index in [1.165, 1.54) is 12.8 Å². The molecule has 118 valence electrons. The summed E-state index contributed by atoms with van der Waals surface area (Å²) in [6, 6.07) is 7.19. The molecule has 3 rings (SSSR count). The van der Waals surface area contributed by atoms with Crippen molar-refractivity contribution < 1.29 is 14.3 Å². The van der Waals surface area contributed by atoms with E-state index in [4.69, 9.17) is 4.74 Å². The normalized spacial score (nSPS) is 23.3. The molecule has 1 aliphatic carbocycles. The van der Waals surface area contributed by atoms with E-state index in [-0.39, 0.29) is 5.91 Å². The number of anilines is 1. The smallest absolute Gasteiger partial charge is 0.278 e. The van der Waals surface area contributed by atoms with Gasteiger partial charge < -0.3 is 15.0 Å². The van der Waals surface area contributed by atoms with Crippen LogP contribution in [0.25, 0.3) is 0 Å². The van der Waals surface area contributed by atoms with Crippen LogP contribution in [0.4, 0.5) is 5.69 Å². The highest BCUT2D eigenvalue weighted by Gasteiger charge is 2.49. The van der Waals surface area contributed by atoms with Crippen molar-refractivity contribution in [3.8, 4) is 5.75 Å². The van der Waals surface area contributed by atoms with Gasteiger partial charge >= 0.3 is 0 Å². The Morgan fingerprint density at radius 3 is 2.82 bits per heavy atom. The van der Waals surface area contributed by atoms with Gasteiger partial charge in [0.25, 0.3) is 17.4 Å². The second-order valence-corrected chi connectivity index (χ2v) is 6.28. The summed E-state index contributed by atoms with van der Waals surface area (Å²) in [6.45, 7) is 4.98. The Morgan fingerprint density at radius 2 is 2.14 bits per heavy atom. The SMILES string of the molecule is CCCN(CC1CC1)C(=O)C1(C)Oc2ccccc2NC1=O. The van der Waals surface area contributed by atoms with E-state index < -0.39 is 11.5 Å². The van der Waals surface area contributed by atoms with E-state index in [1.54, 1.807) is 24.0 Å². The largest absolute Gasteiger partial charge is 0.466 e. The molecule has 0 spiro atoms. The molecule has 1 aromatic carbocycles.